The Morgan fingerprint density at radius 2 is 2.03 bits per heavy atom. The van der Waals surface area contributed by atoms with Crippen molar-refractivity contribution in [2.45, 2.75) is 19.9 Å². The highest BCUT2D eigenvalue weighted by Crippen LogP contribution is 2.21. The lowest BCUT2D eigenvalue weighted by Crippen LogP contribution is -2.41. The molecule has 7 nitrogen and oxygen atoms in total. The highest BCUT2D eigenvalue weighted by atomic mass is 127. The molecule has 0 spiro atoms. The summed E-state index contributed by atoms with van der Waals surface area (Å²) in [6, 6.07) is 5.38. The van der Waals surface area contributed by atoms with Gasteiger partial charge in [-0.2, -0.15) is 0 Å². The number of methoxy groups -OCH3 is 1. The third kappa shape index (κ3) is 9.76. The summed E-state index contributed by atoms with van der Waals surface area (Å²) < 4.78 is 25.0. The third-order valence-electron chi connectivity index (χ3n) is 4.80. The van der Waals surface area contributed by atoms with Gasteiger partial charge in [0.25, 0.3) is 0 Å². The fourth-order valence-corrected chi connectivity index (χ4v) is 3.18. The lowest BCUT2D eigenvalue weighted by molar-refractivity contribution is 0.122. The zero-order chi connectivity index (χ0) is 20.9. The molecule has 1 aliphatic heterocycles. The van der Waals surface area contributed by atoms with E-state index in [-0.39, 0.29) is 29.8 Å². The first-order chi connectivity index (χ1) is 14.1. The highest BCUT2D eigenvalue weighted by molar-refractivity contribution is 14.0. The molecule has 0 aromatic heterocycles. The number of hydrogen-bond donors (Lipinski definition) is 2. The summed E-state index contributed by atoms with van der Waals surface area (Å²) in [6.07, 6.45) is 1.02. The van der Waals surface area contributed by atoms with Gasteiger partial charge < -0.3 is 29.9 Å². The van der Waals surface area contributed by atoms with Crippen LogP contribution >= 0.6 is 24.0 Å². The molecule has 1 heterocycles. The number of benzene rings is 1. The van der Waals surface area contributed by atoms with Crippen molar-refractivity contribution in [3.8, 4) is 0 Å². The van der Waals surface area contributed by atoms with E-state index in [0.29, 0.717) is 25.4 Å². The first-order valence-electron chi connectivity index (χ1n) is 10.4. The lowest BCUT2D eigenvalue weighted by atomic mass is 10.1. The first kappa shape index (κ1) is 26.9. The molecule has 30 heavy (non-hydrogen) atoms. The summed E-state index contributed by atoms with van der Waals surface area (Å²) in [5, 5.41) is 6.58. The maximum atomic E-state index is 14.5. The largest absolute Gasteiger partial charge is 0.385 e. The quantitative estimate of drug-likeness (QED) is 0.196. The maximum Gasteiger partial charge on any atom is 0.191 e. The normalized spacial score (nSPS) is 14.6. The molecular formula is C21H37FIN5O2. The summed E-state index contributed by atoms with van der Waals surface area (Å²) in [5.41, 5.74) is 1.50. The minimum atomic E-state index is -0.199. The number of hydrogen-bond acceptors (Lipinski definition) is 5. The number of rotatable bonds is 11. The van der Waals surface area contributed by atoms with Crippen molar-refractivity contribution in [3.05, 3.63) is 29.6 Å². The molecule has 0 unspecified atom stereocenters. The van der Waals surface area contributed by atoms with Crippen LogP contribution in [0.1, 0.15) is 18.9 Å². The van der Waals surface area contributed by atoms with Gasteiger partial charge in [-0.15, -0.1) is 24.0 Å². The van der Waals surface area contributed by atoms with Crippen molar-refractivity contribution >= 4 is 35.6 Å². The molecule has 2 N–H and O–H groups in total. The summed E-state index contributed by atoms with van der Waals surface area (Å²) in [6.45, 7) is 9.46. The summed E-state index contributed by atoms with van der Waals surface area (Å²) in [7, 11) is 3.82. The van der Waals surface area contributed by atoms with E-state index in [1.807, 2.05) is 24.0 Å². The summed E-state index contributed by atoms with van der Waals surface area (Å²) in [5.74, 6) is 0.547. The monoisotopic (exact) mass is 537 g/mol. The van der Waals surface area contributed by atoms with Crippen LogP contribution in [0.4, 0.5) is 10.1 Å². The number of anilines is 1. The van der Waals surface area contributed by atoms with Crippen molar-refractivity contribution in [1.82, 2.24) is 15.5 Å². The number of aliphatic imine (C=N–C) groups is 1. The average Bonchev–Trinajstić information content (AvgIpc) is 2.73. The van der Waals surface area contributed by atoms with Gasteiger partial charge in [0, 0.05) is 53.0 Å². The van der Waals surface area contributed by atoms with E-state index in [2.05, 4.69) is 27.6 Å². The van der Waals surface area contributed by atoms with E-state index in [1.165, 1.54) is 0 Å². The van der Waals surface area contributed by atoms with E-state index in [4.69, 9.17) is 9.47 Å². The highest BCUT2D eigenvalue weighted by Gasteiger charge is 2.15. The van der Waals surface area contributed by atoms with Crippen LogP contribution in [0.15, 0.2) is 23.2 Å². The van der Waals surface area contributed by atoms with E-state index in [0.717, 1.165) is 63.8 Å². The van der Waals surface area contributed by atoms with E-state index < -0.39 is 0 Å². The van der Waals surface area contributed by atoms with Crippen LogP contribution in [0.2, 0.25) is 0 Å². The Labute approximate surface area is 197 Å². The predicted molar refractivity (Wildman–Crippen MR) is 132 cm³/mol. The van der Waals surface area contributed by atoms with Gasteiger partial charge in [-0.1, -0.05) is 6.07 Å². The zero-order valence-electron chi connectivity index (χ0n) is 18.5. The van der Waals surface area contributed by atoms with Crippen LogP contribution in [0.5, 0.6) is 0 Å². The van der Waals surface area contributed by atoms with Gasteiger partial charge in [-0.25, -0.2) is 9.38 Å². The smallest absolute Gasteiger partial charge is 0.191 e. The second-order valence-corrected chi connectivity index (χ2v) is 7.16. The van der Waals surface area contributed by atoms with Crippen molar-refractivity contribution < 1.29 is 13.9 Å². The number of guanidine groups is 1. The van der Waals surface area contributed by atoms with Crippen molar-refractivity contribution in [1.29, 1.82) is 0 Å². The molecule has 9 heteroatoms. The molecule has 1 fully saturated rings. The molecule has 0 atom stereocenters. The van der Waals surface area contributed by atoms with E-state index in [9.17, 15) is 4.39 Å². The number of nitrogens with zero attached hydrogens (tertiary/aromatic N) is 3. The molecule has 1 aliphatic rings. The van der Waals surface area contributed by atoms with E-state index in [1.54, 1.807) is 13.2 Å². The molecule has 0 saturated carbocycles. The molecule has 0 amide bonds. The Balaban J connectivity index is 0.00000450. The number of nitrogens with one attached hydrogen (secondary N) is 2. The number of halogens is 2. The molecule has 172 valence electrons. The SMILES string of the molecule is CCNC(=NCc1ccc(N2CCOCC2)c(F)c1)NCCN(C)CCCOC.I. The molecular weight excluding hydrogens is 500 g/mol. The molecule has 1 aromatic carbocycles. The minimum absolute atomic E-state index is 0. The number of likely N-dealkylation sites (N-methyl/N-ethyl adjacent to an activating group) is 1. The number of ether oxygens (including phenoxy) is 2. The van der Waals surface area contributed by atoms with Crippen molar-refractivity contribution in [3.63, 3.8) is 0 Å². The van der Waals surface area contributed by atoms with Gasteiger partial charge in [0.1, 0.15) is 5.82 Å². The fourth-order valence-electron chi connectivity index (χ4n) is 3.18. The van der Waals surface area contributed by atoms with Crippen LogP contribution in [-0.4, -0.2) is 84.1 Å². The Hall–Kier alpha value is -1.17. The van der Waals surface area contributed by atoms with Gasteiger partial charge in [-0.3, -0.25) is 0 Å². The first-order valence-corrected chi connectivity index (χ1v) is 10.4. The lowest BCUT2D eigenvalue weighted by Gasteiger charge is -2.29. The second-order valence-electron chi connectivity index (χ2n) is 7.16. The minimum Gasteiger partial charge on any atom is -0.385 e. The Morgan fingerprint density at radius 3 is 2.70 bits per heavy atom. The van der Waals surface area contributed by atoms with Gasteiger partial charge >= 0.3 is 0 Å². The Bertz CT molecular complexity index is 629. The third-order valence-corrected chi connectivity index (χ3v) is 4.80. The zero-order valence-corrected chi connectivity index (χ0v) is 20.8. The molecule has 1 aromatic rings. The van der Waals surface area contributed by atoms with Crippen LogP contribution < -0.4 is 15.5 Å². The summed E-state index contributed by atoms with van der Waals surface area (Å²) in [4.78, 5) is 8.88. The average molecular weight is 537 g/mol. The standard InChI is InChI=1S/C21H36FN5O2.HI/c1-4-23-21(24-8-10-26(2)9-5-13-28-3)25-17-18-6-7-20(19(22)16-18)27-11-14-29-15-12-27;/h6-7,16H,4-5,8-15,17H2,1-3H3,(H2,23,24,25);1H. The number of morpholine rings is 1. The fraction of sp³-hybridized carbons (Fsp3) is 0.667. The molecule has 0 radical (unpaired) electrons. The van der Waals surface area contributed by atoms with E-state index >= 15 is 0 Å². The molecule has 0 aliphatic carbocycles. The Morgan fingerprint density at radius 1 is 1.27 bits per heavy atom. The van der Waals surface area contributed by atoms with Crippen LogP contribution in [0, 0.1) is 5.82 Å². The molecule has 2 rings (SSSR count). The Kier molecular flexibility index (Phi) is 14.0. The van der Waals surface area contributed by atoms with Gasteiger partial charge in [0.2, 0.25) is 0 Å². The molecule has 1 saturated heterocycles. The maximum absolute atomic E-state index is 14.5. The van der Waals surface area contributed by atoms with Crippen molar-refractivity contribution in [2.75, 3.05) is 78.1 Å². The summed E-state index contributed by atoms with van der Waals surface area (Å²) >= 11 is 0. The van der Waals surface area contributed by atoms with Gasteiger partial charge in [-0.05, 0) is 38.1 Å². The van der Waals surface area contributed by atoms with Crippen LogP contribution in [-0.2, 0) is 16.0 Å². The topological polar surface area (TPSA) is 61.4 Å². The van der Waals surface area contributed by atoms with Gasteiger partial charge in [0.15, 0.2) is 5.96 Å². The second kappa shape index (κ2) is 15.6. The van der Waals surface area contributed by atoms with Crippen LogP contribution in [0.25, 0.3) is 0 Å². The van der Waals surface area contributed by atoms with Gasteiger partial charge in [0.05, 0.1) is 25.4 Å². The van der Waals surface area contributed by atoms with Crippen LogP contribution in [0.3, 0.4) is 0 Å². The van der Waals surface area contributed by atoms with Crippen molar-refractivity contribution in [2.24, 2.45) is 4.99 Å². The predicted octanol–water partition coefficient (Wildman–Crippen LogP) is 2.30. The molecule has 0 bridgehead atoms.